The van der Waals surface area contributed by atoms with Gasteiger partial charge in [-0.3, -0.25) is 4.79 Å². The van der Waals surface area contributed by atoms with Crippen LogP contribution < -0.4 is 4.72 Å². The fraction of sp³-hybridized carbons (Fsp3) is 0.333. The fourth-order valence-corrected chi connectivity index (χ4v) is 6.01. The average molecular weight is 500 g/mol. The van der Waals surface area contributed by atoms with E-state index in [2.05, 4.69) is 9.12 Å². The van der Waals surface area contributed by atoms with Crippen LogP contribution in [-0.2, 0) is 19.1 Å². The van der Waals surface area contributed by atoms with Crippen LogP contribution in [0.4, 0.5) is 4.79 Å². The molecule has 2 aliphatic rings. The number of thioether (sulfide) groups is 1. The van der Waals surface area contributed by atoms with E-state index in [1.165, 1.54) is 16.7 Å². The number of carbonyl (C=O) groups excluding carboxylic acids is 3. The zero-order chi connectivity index (χ0) is 24.3. The molecule has 2 atom stereocenters. The lowest BCUT2D eigenvalue weighted by molar-refractivity contribution is -0.158. The summed E-state index contributed by atoms with van der Waals surface area (Å²) in [5.41, 5.74) is 1.99. The van der Waals surface area contributed by atoms with Crippen LogP contribution in [0.3, 0.4) is 0 Å². The van der Waals surface area contributed by atoms with Gasteiger partial charge >= 0.3 is 12.1 Å². The Hall–Kier alpha value is -2.98. The standard InChI is InChI=1S/C24H25N3O5S2/c1-4-31-23(30)26-34-25-17-20(28)27-19(24(2,3)33-21(17)27)22(29)32-18(15-11-7-5-8-12-15)16-13-9-6-10-14-16/h5-14,18-19,21H,4H2,1-3H3,(H,26,30)/t19-,21+/m0/s1. The van der Waals surface area contributed by atoms with Gasteiger partial charge in [-0.1, -0.05) is 60.7 Å². The number of fused-ring (bicyclic) bond motifs is 1. The Balaban J connectivity index is 1.52. The number of benzene rings is 2. The first kappa shape index (κ1) is 24.2. The molecule has 2 aromatic rings. The third-order valence-electron chi connectivity index (χ3n) is 5.50. The quantitative estimate of drug-likeness (QED) is 0.348. The second kappa shape index (κ2) is 10.1. The number of carbonyl (C=O) groups is 3. The minimum absolute atomic E-state index is 0.235. The Labute approximate surface area is 206 Å². The van der Waals surface area contributed by atoms with Crippen molar-refractivity contribution in [1.29, 1.82) is 0 Å². The summed E-state index contributed by atoms with van der Waals surface area (Å²) in [5, 5.41) is -0.386. The molecule has 2 aliphatic heterocycles. The van der Waals surface area contributed by atoms with Crippen molar-refractivity contribution in [3.8, 4) is 0 Å². The molecule has 2 amide bonds. The van der Waals surface area contributed by atoms with Gasteiger partial charge in [0.05, 0.1) is 18.7 Å². The zero-order valence-corrected chi connectivity index (χ0v) is 20.6. The molecule has 0 aliphatic carbocycles. The highest BCUT2D eigenvalue weighted by atomic mass is 32.2. The molecule has 10 heteroatoms. The van der Waals surface area contributed by atoms with E-state index >= 15 is 0 Å². The van der Waals surface area contributed by atoms with Crippen molar-refractivity contribution in [3.05, 3.63) is 71.8 Å². The second-order valence-corrected chi connectivity index (χ2v) is 10.5. The lowest BCUT2D eigenvalue weighted by Crippen LogP contribution is -2.63. The second-order valence-electron chi connectivity index (χ2n) is 8.22. The van der Waals surface area contributed by atoms with Crippen molar-refractivity contribution in [3.63, 3.8) is 0 Å². The molecule has 2 aromatic carbocycles. The first-order chi connectivity index (χ1) is 16.3. The Bertz CT molecular complexity index is 1050. The third kappa shape index (κ3) is 4.78. The van der Waals surface area contributed by atoms with E-state index in [0.717, 1.165) is 23.3 Å². The maximum absolute atomic E-state index is 13.5. The van der Waals surface area contributed by atoms with Crippen LogP contribution in [0.15, 0.2) is 65.1 Å². The van der Waals surface area contributed by atoms with Gasteiger partial charge in [0.25, 0.3) is 5.91 Å². The molecule has 1 N–H and O–H groups in total. The molecular weight excluding hydrogens is 474 g/mol. The van der Waals surface area contributed by atoms with Gasteiger partial charge < -0.3 is 14.4 Å². The molecule has 0 saturated carbocycles. The molecule has 0 radical (unpaired) electrons. The molecule has 0 spiro atoms. The van der Waals surface area contributed by atoms with Gasteiger partial charge in [0.1, 0.15) is 17.1 Å². The summed E-state index contributed by atoms with van der Waals surface area (Å²) in [5.74, 6) is -0.818. The van der Waals surface area contributed by atoms with E-state index in [1.54, 1.807) is 6.92 Å². The van der Waals surface area contributed by atoms with Crippen molar-refractivity contribution < 1.29 is 23.9 Å². The van der Waals surface area contributed by atoms with Gasteiger partial charge in [-0.25, -0.2) is 14.3 Å². The molecule has 34 heavy (non-hydrogen) atoms. The number of nitrogens with one attached hydrogen (secondary N) is 1. The molecule has 0 bridgehead atoms. The summed E-state index contributed by atoms with van der Waals surface area (Å²) < 4.78 is 16.8. The highest BCUT2D eigenvalue weighted by Crippen LogP contribution is 2.50. The third-order valence-corrected chi connectivity index (χ3v) is 7.55. The number of ether oxygens (including phenoxy) is 2. The van der Waals surface area contributed by atoms with Crippen LogP contribution in [-0.4, -0.2) is 51.4 Å². The maximum atomic E-state index is 13.5. The van der Waals surface area contributed by atoms with Crippen molar-refractivity contribution in [2.24, 2.45) is 4.40 Å². The normalized spacial score (nSPS) is 21.7. The summed E-state index contributed by atoms with van der Waals surface area (Å²) in [4.78, 5) is 39.3. The number of esters is 1. The highest BCUT2D eigenvalue weighted by molar-refractivity contribution is 8.02. The van der Waals surface area contributed by atoms with Crippen molar-refractivity contribution in [2.45, 2.75) is 43.0 Å². The van der Waals surface area contributed by atoms with Crippen LogP contribution in [0.1, 0.15) is 38.0 Å². The van der Waals surface area contributed by atoms with Gasteiger partial charge in [0, 0.05) is 4.75 Å². The molecule has 178 valence electrons. The van der Waals surface area contributed by atoms with E-state index in [0.29, 0.717) is 0 Å². The topological polar surface area (TPSA) is 97.3 Å². The summed E-state index contributed by atoms with van der Waals surface area (Å²) in [6.45, 7) is 5.76. The zero-order valence-electron chi connectivity index (χ0n) is 19.0. The first-order valence-electron chi connectivity index (χ1n) is 10.8. The SMILES string of the molecule is CCOC(=O)NSN=C1C(=O)N2[C@@H]1SC(C)(C)[C@@H]2C(=O)OC(c1ccccc1)c1ccccc1. The molecule has 0 unspecified atom stereocenters. The molecule has 0 aromatic heterocycles. The highest BCUT2D eigenvalue weighted by Gasteiger charge is 2.63. The lowest BCUT2D eigenvalue weighted by atomic mass is 9.96. The Morgan fingerprint density at radius 3 is 2.26 bits per heavy atom. The minimum Gasteiger partial charge on any atom is -0.451 e. The predicted octanol–water partition coefficient (Wildman–Crippen LogP) is 4.13. The van der Waals surface area contributed by atoms with E-state index in [-0.39, 0.29) is 23.6 Å². The minimum atomic E-state index is -0.771. The number of hydrogen-bond acceptors (Lipinski definition) is 8. The Morgan fingerprint density at radius 1 is 1.12 bits per heavy atom. The predicted molar refractivity (Wildman–Crippen MR) is 132 cm³/mol. The summed E-state index contributed by atoms with van der Waals surface area (Å²) in [6.07, 6.45) is -1.22. The van der Waals surface area contributed by atoms with E-state index in [9.17, 15) is 14.4 Å². The first-order valence-corrected chi connectivity index (χ1v) is 12.5. The largest absolute Gasteiger partial charge is 0.451 e. The van der Waals surface area contributed by atoms with Gasteiger partial charge in [0.15, 0.2) is 6.10 Å². The summed E-state index contributed by atoms with van der Waals surface area (Å²) in [6, 6.07) is 18.3. The van der Waals surface area contributed by atoms with Gasteiger partial charge in [-0.2, -0.15) is 4.40 Å². The van der Waals surface area contributed by atoms with Gasteiger partial charge in [-0.15, -0.1) is 11.8 Å². The summed E-state index contributed by atoms with van der Waals surface area (Å²) in [7, 11) is 0. The smallest absolute Gasteiger partial charge is 0.418 e. The molecule has 2 heterocycles. The summed E-state index contributed by atoms with van der Waals surface area (Å²) >= 11 is 2.21. The van der Waals surface area contributed by atoms with Gasteiger partial charge in [-0.05, 0) is 31.9 Å². The molecule has 4 rings (SSSR count). The van der Waals surface area contributed by atoms with E-state index in [4.69, 9.17) is 9.47 Å². The number of β-lactam (4-membered cyclic amide) rings is 1. The van der Waals surface area contributed by atoms with E-state index in [1.807, 2.05) is 74.5 Å². The number of nitrogens with zero attached hydrogens (tertiary/aromatic N) is 2. The molecule has 2 saturated heterocycles. The van der Waals surface area contributed by atoms with Crippen LogP contribution in [0.25, 0.3) is 0 Å². The number of amides is 2. The maximum Gasteiger partial charge on any atom is 0.418 e. The van der Waals surface area contributed by atoms with E-state index < -0.39 is 29.0 Å². The van der Waals surface area contributed by atoms with Crippen molar-refractivity contribution in [2.75, 3.05) is 6.61 Å². The van der Waals surface area contributed by atoms with Crippen LogP contribution in [0.2, 0.25) is 0 Å². The molecule has 2 fully saturated rings. The van der Waals surface area contributed by atoms with Crippen molar-refractivity contribution >= 4 is 47.6 Å². The molecular formula is C24H25N3O5S2. The molecule has 8 nitrogen and oxygen atoms in total. The average Bonchev–Trinajstić information content (AvgIpc) is 3.09. The lowest BCUT2D eigenvalue weighted by Gasteiger charge is -2.38. The Morgan fingerprint density at radius 2 is 1.71 bits per heavy atom. The Kier molecular flexibility index (Phi) is 7.18. The van der Waals surface area contributed by atoms with Gasteiger partial charge in [0.2, 0.25) is 0 Å². The van der Waals surface area contributed by atoms with Crippen molar-refractivity contribution in [1.82, 2.24) is 9.62 Å². The van der Waals surface area contributed by atoms with Crippen LogP contribution >= 0.6 is 23.9 Å². The number of rotatable bonds is 7. The fourth-order valence-electron chi connectivity index (χ4n) is 3.98. The monoisotopic (exact) mass is 499 g/mol. The van der Waals surface area contributed by atoms with Crippen LogP contribution in [0.5, 0.6) is 0 Å². The van der Waals surface area contributed by atoms with Crippen LogP contribution in [0, 0.1) is 0 Å². The number of hydrogen-bond donors (Lipinski definition) is 1.